The van der Waals surface area contributed by atoms with Crippen LogP contribution in [-0.4, -0.2) is 5.91 Å². The summed E-state index contributed by atoms with van der Waals surface area (Å²) in [6, 6.07) is 4.09. The number of nitrogens with one attached hydrogen (secondary N) is 1. The molecule has 76 valence electrons. The van der Waals surface area contributed by atoms with Crippen molar-refractivity contribution in [1.82, 2.24) is 0 Å². The molecule has 2 aromatic heterocycles. The van der Waals surface area contributed by atoms with E-state index in [0.29, 0.717) is 6.42 Å². The molecule has 0 spiro atoms. The molecule has 1 N–H and O–H groups in total. The lowest BCUT2D eigenvalue weighted by Gasteiger charge is -2.21. The molecular formula is C11H9NOS2. The van der Waals surface area contributed by atoms with Gasteiger partial charge in [-0.15, -0.1) is 11.3 Å². The van der Waals surface area contributed by atoms with Gasteiger partial charge in [0.1, 0.15) is 0 Å². The first-order valence-electron chi connectivity index (χ1n) is 4.74. The van der Waals surface area contributed by atoms with Gasteiger partial charge in [0.2, 0.25) is 5.91 Å². The maximum atomic E-state index is 11.5. The largest absolute Gasteiger partial charge is 0.325 e. The molecule has 0 aliphatic carbocycles. The SMILES string of the molecule is O=C1C[C@H](c2ccsc2)c2sccc2N1. The standard InChI is InChI=1S/C11H9NOS2/c13-10-5-8(7-1-3-14-6-7)11-9(12-10)2-4-15-11/h1-4,6,8H,5H2,(H,12,13)/t8-/m1/s1. The molecule has 0 saturated heterocycles. The molecule has 0 unspecified atom stereocenters. The van der Waals surface area contributed by atoms with Gasteiger partial charge < -0.3 is 5.32 Å². The van der Waals surface area contributed by atoms with Crippen molar-refractivity contribution in [1.29, 1.82) is 0 Å². The predicted molar refractivity (Wildman–Crippen MR) is 63.7 cm³/mol. The van der Waals surface area contributed by atoms with E-state index in [9.17, 15) is 4.79 Å². The van der Waals surface area contributed by atoms with Crippen molar-refractivity contribution in [2.45, 2.75) is 12.3 Å². The monoisotopic (exact) mass is 235 g/mol. The van der Waals surface area contributed by atoms with E-state index in [-0.39, 0.29) is 11.8 Å². The highest BCUT2D eigenvalue weighted by molar-refractivity contribution is 7.10. The van der Waals surface area contributed by atoms with Crippen molar-refractivity contribution in [3.63, 3.8) is 0 Å². The second-order valence-corrected chi connectivity index (χ2v) is 5.29. The highest BCUT2D eigenvalue weighted by Crippen LogP contribution is 2.40. The van der Waals surface area contributed by atoms with Gasteiger partial charge >= 0.3 is 0 Å². The fraction of sp³-hybridized carbons (Fsp3) is 0.182. The Kier molecular flexibility index (Phi) is 2.11. The Bertz CT molecular complexity index is 486. The Morgan fingerprint density at radius 1 is 1.33 bits per heavy atom. The van der Waals surface area contributed by atoms with E-state index in [1.54, 1.807) is 22.7 Å². The molecular weight excluding hydrogens is 226 g/mol. The van der Waals surface area contributed by atoms with Crippen molar-refractivity contribution in [3.05, 3.63) is 38.7 Å². The van der Waals surface area contributed by atoms with E-state index in [4.69, 9.17) is 0 Å². The molecule has 3 rings (SSSR count). The van der Waals surface area contributed by atoms with Crippen LogP contribution in [0.4, 0.5) is 5.69 Å². The second kappa shape index (κ2) is 3.47. The van der Waals surface area contributed by atoms with Crippen molar-refractivity contribution in [2.75, 3.05) is 5.32 Å². The molecule has 3 heterocycles. The summed E-state index contributed by atoms with van der Waals surface area (Å²) in [5, 5.41) is 9.14. The third-order valence-corrected chi connectivity index (χ3v) is 4.35. The smallest absolute Gasteiger partial charge is 0.225 e. The molecule has 1 aliphatic rings. The zero-order valence-electron chi connectivity index (χ0n) is 7.90. The summed E-state index contributed by atoms with van der Waals surface area (Å²) in [7, 11) is 0. The van der Waals surface area contributed by atoms with Crippen LogP contribution >= 0.6 is 22.7 Å². The lowest BCUT2D eigenvalue weighted by atomic mass is 9.93. The third kappa shape index (κ3) is 1.50. The number of carbonyl (C=O) groups excluding carboxylic acids is 1. The summed E-state index contributed by atoms with van der Waals surface area (Å²) in [6.07, 6.45) is 0.574. The summed E-state index contributed by atoms with van der Waals surface area (Å²) >= 11 is 3.41. The van der Waals surface area contributed by atoms with Crippen LogP contribution in [0.25, 0.3) is 0 Å². The first kappa shape index (κ1) is 9.12. The van der Waals surface area contributed by atoms with Crippen LogP contribution in [0.15, 0.2) is 28.3 Å². The molecule has 1 atom stereocenters. The quantitative estimate of drug-likeness (QED) is 0.807. The summed E-state index contributed by atoms with van der Waals surface area (Å²) in [5.74, 6) is 0.386. The minimum atomic E-state index is 0.122. The fourth-order valence-electron chi connectivity index (χ4n) is 1.92. The molecule has 2 aromatic rings. The van der Waals surface area contributed by atoms with E-state index in [2.05, 4.69) is 22.1 Å². The maximum absolute atomic E-state index is 11.5. The molecule has 0 aromatic carbocycles. The van der Waals surface area contributed by atoms with E-state index in [1.165, 1.54) is 10.4 Å². The maximum Gasteiger partial charge on any atom is 0.225 e. The predicted octanol–water partition coefficient (Wildman–Crippen LogP) is 3.28. The van der Waals surface area contributed by atoms with Gasteiger partial charge in [-0.3, -0.25) is 4.79 Å². The van der Waals surface area contributed by atoms with Crippen LogP contribution in [0.1, 0.15) is 22.8 Å². The number of carbonyl (C=O) groups is 1. The first-order chi connectivity index (χ1) is 7.34. The van der Waals surface area contributed by atoms with Crippen molar-refractivity contribution >= 4 is 34.3 Å². The van der Waals surface area contributed by atoms with Gasteiger partial charge in [-0.25, -0.2) is 0 Å². The minimum Gasteiger partial charge on any atom is -0.325 e. The van der Waals surface area contributed by atoms with Gasteiger partial charge in [0.25, 0.3) is 0 Å². The Balaban J connectivity index is 2.08. The number of thiophene rings is 2. The Morgan fingerprint density at radius 3 is 3.07 bits per heavy atom. The van der Waals surface area contributed by atoms with Crippen LogP contribution in [0.2, 0.25) is 0 Å². The lowest BCUT2D eigenvalue weighted by Crippen LogP contribution is -2.21. The molecule has 0 saturated carbocycles. The lowest BCUT2D eigenvalue weighted by molar-refractivity contribution is -0.116. The molecule has 0 fully saturated rings. The molecule has 2 nitrogen and oxygen atoms in total. The van der Waals surface area contributed by atoms with Crippen molar-refractivity contribution in [2.24, 2.45) is 0 Å². The van der Waals surface area contributed by atoms with Crippen LogP contribution in [0.5, 0.6) is 0 Å². The molecule has 1 aliphatic heterocycles. The Hall–Kier alpha value is -1.13. The van der Waals surface area contributed by atoms with Gasteiger partial charge in [0, 0.05) is 17.2 Å². The van der Waals surface area contributed by atoms with Gasteiger partial charge in [-0.1, -0.05) is 0 Å². The van der Waals surface area contributed by atoms with E-state index in [0.717, 1.165) is 5.69 Å². The fourth-order valence-corrected chi connectivity index (χ4v) is 3.61. The Labute approximate surface area is 95.6 Å². The zero-order chi connectivity index (χ0) is 10.3. The summed E-state index contributed by atoms with van der Waals surface area (Å²) in [5.41, 5.74) is 2.26. The topological polar surface area (TPSA) is 29.1 Å². The molecule has 4 heteroatoms. The van der Waals surface area contributed by atoms with Crippen LogP contribution in [0, 0.1) is 0 Å². The minimum absolute atomic E-state index is 0.122. The van der Waals surface area contributed by atoms with Crippen LogP contribution < -0.4 is 5.32 Å². The normalized spacial score (nSPS) is 19.7. The number of fused-ring (bicyclic) bond motifs is 1. The molecule has 0 radical (unpaired) electrons. The van der Waals surface area contributed by atoms with Gasteiger partial charge in [-0.05, 0) is 33.8 Å². The van der Waals surface area contributed by atoms with Crippen LogP contribution in [-0.2, 0) is 4.79 Å². The number of rotatable bonds is 1. The van der Waals surface area contributed by atoms with E-state index >= 15 is 0 Å². The van der Waals surface area contributed by atoms with Crippen molar-refractivity contribution < 1.29 is 4.79 Å². The average Bonchev–Trinajstić information content (AvgIpc) is 2.86. The van der Waals surface area contributed by atoms with E-state index < -0.39 is 0 Å². The summed E-state index contributed by atoms with van der Waals surface area (Å²) in [4.78, 5) is 12.8. The summed E-state index contributed by atoms with van der Waals surface area (Å²) in [6.45, 7) is 0. The zero-order valence-corrected chi connectivity index (χ0v) is 9.53. The second-order valence-electron chi connectivity index (χ2n) is 3.56. The first-order valence-corrected chi connectivity index (χ1v) is 6.56. The van der Waals surface area contributed by atoms with Gasteiger partial charge in [-0.2, -0.15) is 11.3 Å². The van der Waals surface area contributed by atoms with Crippen molar-refractivity contribution in [3.8, 4) is 0 Å². The Morgan fingerprint density at radius 2 is 2.27 bits per heavy atom. The molecule has 0 bridgehead atoms. The number of anilines is 1. The molecule has 1 amide bonds. The molecule has 15 heavy (non-hydrogen) atoms. The summed E-state index contributed by atoms with van der Waals surface area (Å²) < 4.78 is 0. The number of hydrogen-bond acceptors (Lipinski definition) is 3. The highest BCUT2D eigenvalue weighted by Gasteiger charge is 2.27. The highest BCUT2D eigenvalue weighted by atomic mass is 32.1. The van der Waals surface area contributed by atoms with Crippen LogP contribution in [0.3, 0.4) is 0 Å². The third-order valence-electron chi connectivity index (χ3n) is 2.62. The number of amides is 1. The van der Waals surface area contributed by atoms with E-state index in [1.807, 2.05) is 11.4 Å². The van der Waals surface area contributed by atoms with Gasteiger partial charge in [0.05, 0.1) is 5.69 Å². The van der Waals surface area contributed by atoms with Gasteiger partial charge in [0.15, 0.2) is 0 Å². The average molecular weight is 235 g/mol. The number of hydrogen-bond donors (Lipinski definition) is 1.